The van der Waals surface area contributed by atoms with Crippen LogP contribution in [0.25, 0.3) is 0 Å². The first-order chi connectivity index (χ1) is 11.7. The molecule has 1 aliphatic rings. The molecule has 0 aliphatic carbocycles. The minimum atomic E-state index is -0.859. The van der Waals surface area contributed by atoms with Crippen LogP contribution in [0.2, 0.25) is 0 Å². The van der Waals surface area contributed by atoms with Gasteiger partial charge in [-0.05, 0) is 29.7 Å². The Morgan fingerprint density at radius 2 is 1.54 bits per heavy atom. The van der Waals surface area contributed by atoms with Gasteiger partial charge in [-0.3, -0.25) is 4.90 Å². The summed E-state index contributed by atoms with van der Waals surface area (Å²) in [6.45, 7) is 6.15. The Balaban J connectivity index is 1.45. The molecule has 0 spiro atoms. The maximum Gasteiger partial charge on any atom is 0.335 e. The number of nitrogens with zero attached hydrogens (tertiary/aromatic N) is 2. The van der Waals surface area contributed by atoms with Crippen molar-refractivity contribution in [3.8, 4) is 0 Å². The highest BCUT2D eigenvalue weighted by molar-refractivity contribution is 5.87. The van der Waals surface area contributed by atoms with Crippen LogP contribution < -0.4 is 0 Å². The Morgan fingerprint density at radius 1 is 0.875 bits per heavy atom. The van der Waals surface area contributed by atoms with Gasteiger partial charge < -0.3 is 10.0 Å². The third-order valence-electron chi connectivity index (χ3n) is 4.60. The van der Waals surface area contributed by atoms with Gasteiger partial charge in [0, 0.05) is 39.3 Å². The number of hydrogen-bond donors (Lipinski definition) is 1. The second-order valence-corrected chi connectivity index (χ2v) is 6.36. The lowest BCUT2D eigenvalue weighted by atomic mass is 10.1. The molecule has 4 nitrogen and oxygen atoms in total. The lowest BCUT2D eigenvalue weighted by Gasteiger charge is -2.34. The van der Waals surface area contributed by atoms with Crippen LogP contribution in [0.5, 0.6) is 0 Å². The quantitative estimate of drug-likeness (QED) is 0.887. The summed E-state index contributed by atoms with van der Waals surface area (Å²) in [5, 5.41) is 9.08. The topological polar surface area (TPSA) is 43.8 Å². The Bertz CT molecular complexity index is 664. The number of carboxylic acids is 1. The van der Waals surface area contributed by atoms with E-state index in [0.717, 1.165) is 51.3 Å². The fourth-order valence-electron chi connectivity index (χ4n) is 3.16. The van der Waals surface area contributed by atoms with Crippen molar-refractivity contribution >= 4 is 5.97 Å². The first-order valence-electron chi connectivity index (χ1n) is 8.51. The molecule has 0 radical (unpaired) electrons. The summed E-state index contributed by atoms with van der Waals surface area (Å²) >= 11 is 0. The van der Waals surface area contributed by atoms with Gasteiger partial charge in [-0.15, -0.1) is 0 Å². The van der Waals surface area contributed by atoms with Gasteiger partial charge in [0.05, 0.1) is 5.56 Å². The second-order valence-electron chi connectivity index (χ2n) is 6.36. The zero-order chi connectivity index (χ0) is 16.8. The monoisotopic (exact) mass is 324 g/mol. The molecule has 1 heterocycles. The first kappa shape index (κ1) is 16.7. The third-order valence-corrected chi connectivity index (χ3v) is 4.60. The molecule has 1 aliphatic heterocycles. The van der Waals surface area contributed by atoms with E-state index >= 15 is 0 Å². The largest absolute Gasteiger partial charge is 0.478 e. The molecule has 2 aromatic carbocycles. The summed E-state index contributed by atoms with van der Waals surface area (Å²) in [5.74, 6) is -0.859. The minimum Gasteiger partial charge on any atom is -0.478 e. The van der Waals surface area contributed by atoms with Crippen molar-refractivity contribution in [2.75, 3.05) is 32.7 Å². The highest BCUT2D eigenvalue weighted by Gasteiger charge is 2.17. The molecule has 0 amide bonds. The molecule has 3 rings (SSSR count). The van der Waals surface area contributed by atoms with Crippen molar-refractivity contribution < 1.29 is 9.90 Å². The van der Waals surface area contributed by atoms with Crippen molar-refractivity contribution in [1.82, 2.24) is 9.80 Å². The summed E-state index contributed by atoms with van der Waals surface area (Å²) in [7, 11) is 0. The maximum atomic E-state index is 11.1. The van der Waals surface area contributed by atoms with Gasteiger partial charge in [-0.25, -0.2) is 4.79 Å². The number of rotatable bonds is 6. The summed E-state index contributed by atoms with van der Waals surface area (Å²) in [4.78, 5) is 16.0. The average Bonchev–Trinajstić information content (AvgIpc) is 2.62. The van der Waals surface area contributed by atoms with Crippen molar-refractivity contribution in [2.45, 2.75) is 13.0 Å². The zero-order valence-electron chi connectivity index (χ0n) is 13.9. The van der Waals surface area contributed by atoms with Crippen LogP contribution in [0.15, 0.2) is 54.6 Å². The van der Waals surface area contributed by atoms with Crippen LogP contribution in [0.4, 0.5) is 0 Å². The number of hydrogen-bond acceptors (Lipinski definition) is 3. The highest BCUT2D eigenvalue weighted by Crippen LogP contribution is 2.11. The molecule has 0 saturated carbocycles. The molecule has 0 aromatic heterocycles. The van der Waals surface area contributed by atoms with Crippen LogP contribution >= 0.6 is 0 Å². The van der Waals surface area contributed by atoms with E-state index in [1.807, 2.05) is 12.1 Å². The van der Waals surface area contributed by atoms with Gasteiger partial charge in [0.15, 0.2) is 0 Å². The molecule has 126 valence electrons. The van der Waals surface area contributed by atoms with Crippen LogP contribution in [0, 0.1) is 0 Å². The fourth-order valence-corrected chi connectivity index (χ4v) is 3.16. The summed E-state index contributed by atoms with van der Waals surface area (Å²) in [6.07, 6.45) is 1.10. The van der Waals surface area contributed by atoms with Crippen LogP contribution in [-0.2, 0) is 13.0 Å². The van der Waals surface area contributed by atoms with Crippen LogP contribution in [0.3, 0.4) is 0 Å². The number of carbonyl (C=O) groups is 1. The Labute approximate surface area is 143 Å². The molecule has 4 heteroatoms. The number of piperazine rings is 1. The standard InChI is InChI=1S/C20H24N2O2/c23-20(24)19-8-4-7-18(15-19)16-22-13-11-21(12-14-22)10-9-17-5-2-1-3-6-17/h1-8,15H,9-14,16H2,(H,23,24). The predicted molar refractivity (Wildman–Crippen MR) is 95.3 cm³/mol. The Kier molecular flexibility index (Phi) is 5.62. The van der Waals surface area contributed by atoms with E-state index in [1.54, 1.807) is 12.1 Å². The third kappa shape index (κ3) is 4.66. The normalized spacial score (nSPS) is 16.2. The van der Waals surface area contributed by atoms with E-state index in [1.165, 1.54) is 5.56 Å². The van der Waals surface area contributed by atoms with Crippen molar-refractivity contribution in [3.63, 3.8) is 0 Å². The molecule has 1 N–H and O–H groups in total. The SMILES string of the molecule is O=C(O)c1cccc(CN2CCN(CCc3ccccc3)CC2)c1. The van der Waals surface area contributed by atoms with Gasteiger partial charge in [-0.1, -0.05) is 42.5 Å². The molecule has 0 bridgehead atoms. The van der Waals surface area contributed by atoms with E-state index < -0.39 is 5.97 Å². The molecular weight excluding hydrogens is 300 g/mol. The van der Waals surface area contributed by atoms with E-state index in [0.29, 0.717) is 5.56 Å². The summed E-state index contributed by atoms with van der Waals surface area (Å²) in [6, 6.07) is 17.9. The molecule has 1 saturated heterocycles. The number of carboxylic acid groups (broad SMARTS) is 1. The highest BCUT2D eigenvalue weighted by atomic mass is 16.4. The predicted octanol–water partition coefficient (Wildman–Crippen LogP) is 2.75. The smallest absolute Gasteiger partial charge is 0.335 e. The summed E-state index contributed by atoms with van der Waals surface area (Å²) < 4.78 is 0. The van der Waals surface area contributed by atoms with Crippen LogP contribution in [0.1, 0.15) is 21.5 Å². The van der Waals surface area contributed by atoms with Crippen molar-refractivity contribution in [1.29, 1.82) is 0 Å². The number of benzene rings is 2. The van der Waals surface area contributed by atoms with Crippen molar-refractivity contribution in [3.05, 3.63) is 71.3 Å². The first-order valence-corrected chi connectivity index (χ1v) is 8.51. The average molecular weight is 324 g/mol. The fraction of sp³-hybridized carbons (Fsp3) is 0.350. The van der Waals surface area contributed by atoms with E-state index in [9.17, 15) is 4.79 Å². The van der Waals surface area contributed by atoms with Gasteiger partial charge >= 0.3 is 5.97 Å². The molecule has 1 fully saturated rings. The molecule has 0 unspecified atom stereocenters. The second kappa shape index (κ2) is 8.08. The summed E-state index contributed by atoms with van der Waals surface area (Å²) in [5.41, 5.74) is 2.84. The van der Waals surface area contributed by atoms with E-state index in [2.05, 4.69) is 40.1 Å². The van der Waals surface area contributed by atoms with Gasteiger partial charge in [0.25, 0.3) is 0 Å². The van der Waals surface area contributed by atoms with E-state index in [-0.39, 0.29) is 0 Å². The molecule has 0 atom stereocenters. The minimum absolute atomic E-state index is 0.369. The van der Waals surface area contributed by atoms with Gasteiger partial charge in [0.1, 0.15) is 0 Å². The van der Waals surface area contributed by atoms with E-state index in [4.69, 9.17) is 5.11 Å². The maximum absolute atomic E-state index is 11.1. The van der Waals surface area contributed by atoms with Crippen LogP contribution in [-0.4, -0.2) is 53.6 Å². The Hall–Kier alpha value is -2.17. The molecule has 24 heavy (non-hydrogen) atoms. The zero-order valence-corrected chi connectivity index (χ0v) is 13.9. The molecule has 2 aromatic rings. The lowest BCUT2D eigenvalue weighted by molar-refractivity contribution is 0.0696. The van der Waals surface area contributed by atoms with Gasteiger partial charge in [-0.2, -0.15) is 0 Å². The molecular formula is C20H24N2O2. The Morgan fingerprint density at radius 3 is 2.25 bits per heavy atom. The van der Waals surface area contributed by atoms with Gasteiger partial charge in [0.2, 0.25) is 0 Å². The number of aromatic carboxylic acids is 1. The lowest BCUT2D eigenvalue weighted by Crippen LogP contribution is -2.46. The van der Waals surface area contributed by atoms with Crippen molar-refractivity contribution in [2.24, 2.45) is 0 Å².